The second kappa shape index (κ2) is 10.8. The van der Waals surface area contributed by atoms with Gasteiger partial charge in [-0.15, -0.1) is 0 Å². The van der Waals surface area contributed by atoms with Crippen molar-refractivity contribution in [3.05, 3.63) is 29.8 Å². The van der Waals surface area contributed by atoms with Gasteiger partial charge in [0.2, 0.25) is 11.8 Å². The van der Waals surface area contributed by atoms with Crippen molar-refractivity contribution < 1.29 is 14.3 Å². The first-order chi connectivity index (χ1) is 12.6. The number of nitrogens with one attached hydrogen (secondary N) is 1. The van der Waals surface area contributed by atoms with Crippen molar-refractivity contribution >= 4 is 11.8 Å². The summed E-state index contributed by atoms with van der Waals surface area (Å²) < 4.78 is 5.24. The molecule has 0 radical (unpaired) electrons. The third-order valence-electron chi connectivity index (χ3n) is 5.08. The average molecular weight is 360 g/mol. The van der Waals surface area contributed by atoms with Crippen molar-refractivity contribution in [2.75, 3.05) is 20.2 Å². The van der Waals surface area contributed by atoms with Crippen LogP contribution in [0, 0.1) is 0 Å². The lowest BCUT2D eigenvalue weighted by molar-refractivity contribution is -0.129. The molecule has 0 saturated heterocycles. The zero-order valence-electron chi connectivity index (χ0n) is 16.1. The van der Waals surface area contributed by atoms with Crippen LogP contribution >= 0.6 is 0 Å². The van der Waals surface area contributed by atoms with Crippen molar-refractivity contribution in [3.8, 4) is 5.75 Å². The van der Waals surface area contributed by atoms with Gasteiger partial charge in [0.15, 0.2) is 0 Å². The number of hydrogen-bond acceptors (Lipinski definition) is 3. The molecule has 0 bridgehead atoms. The van der Waals surface area contributed by atoms with Gasteiger partial charge in [0, 0.05) is 32.5 Å². The van der Waals surface area contributed by atoms with E-state index >= 15 is 0 Å². The van der Waals surface area contributed by atoms with E-state index in [-0.39, 0.29) is 11.8 Å². The zero-order valence-corrected chi connectivity index (χ0v) is 16.1. The summed E-state index contributed by atoms with van der Waals surface area (Å²) in [5.41, 5.74) is 1.12. The summed E-state index contributed by atoms with van der Waals surface area (Å²) in [5.74, 6) is 0.888. The summed E-state index contributed by atoms with van der Waals surface area (Å²) in [5, 5.41) is 3.15. The van der Waals surface area contributed by atoms with Gasteiger partial charge in [-0.05, 0) is 37.0 Å². The molecular formula is C21H32N2O3. The molecule has 5 nitrogen and oxygen atoms in total. The average Bonchev–Trinajstić information content (AvgIpc) is 2.90. The molecular weight excluding hydrogens is 328 g/mol. The molecule has 5 heteroatoms. The first kappa shape index (κ1) is 20.3. The third kappa shape index (κ3) is 7.06. The SMILES string of the molecule is COc1cccc(CCN(CCC(=O)NC2CCCCCC2)C(C)=O)c1. The largest absolute Gasteiger partial charge is 0.497 e. The van der Waals surface area contributed by atoms with Gasteiger partial charge in [0.05, 0.1) is 7.11 Å². The lowest BCUT2D eigenvalue weighted by Gasteiger charge is -2.22. The van der Waals surface area contributed by atoms with Crippen LogP contribution in [-0.4, -0.2) is 43.0 Å². The molecule has 0 atom stereocenters. The molecule has 0 aliphatic heterocycles. The monoisotopic (exact) mass is 360 g/mol. The van der Waals surface area contributed by atoms with E-state index in [0.29, 0.717) is 25.6 Å². The fourth-order valence-electron chi connectivity index (χ4n) is 3.48. The smallest absolute Gasteiger partial charge is 0.221 e. The second-order valence-electron chi connectivity index (χ2n) is 7.11. The molecule has 1 aromatic rings. The molecule has 1 aliphatic carbocycles. The van der Waals surface area contributed by atoms with E-state index in [4.69, 9.17) is 4.74 Å². The fraction of sp³-hybridized carbons (Fsp3) is 0.619. The lowest BCUT2D eigenvalue weighted by atomic mass is 10.1. The van der Waals surface area contributed by atoms with Crippen LogP contribution in [0.25, 0.3) is 0 Å². The topological polar surface area (TPSA) is 58.6 Å². The summed E-state index contributed by atoms with van der Waals surface area (Å²) in [6.07, 6.45) is 8.23. The van der Waals surface area contributed by atoms with Crippen molar-refractivity contribution in [2.45, 2.75) is 64.3 Å². The van der Waals surface area contributed by atoms with E-state index in [0.717, 1.165) is 30.6 Å². The van der Waals surface area contributed by atoms with Gasteiger partial charge >= 0.3 is 0 Å². The van der Waals surface area contributed by atoms with E-state index in [2.05, 4.69) is 5.32 Å². The maximum atomic E-state index is 12.2. The van der Waals surface area contributed by atoms with Crippen LogP contribution in [0.3, 0.4) is 0 Å². The Morgan fingerprint density at radius 2 is 1.88 bits per heavy atom. The van der Waals surface area contributed by atoms with Gasteiger partial charge in [-0.25, -0.2) is 0 Å². The summed E-state index contributed by atoms with van der Waals surface area (Å²) in [7, 11) is 1.65. The predicted molar refractivity (Wildman–Crippen MR) is 103 cm³/mol. The number of amides is 2. The Kier molecular flexibility index (Phi) is 8.45. The maximum absolute atomic E-state index is 12.2. The van der Waals surface area contributed by atoms with Crippen LogP contribution in [0.4, 0.5) is 0 Å². The molecule has 1 saturated carbocycles. The molecule has 1 aromatic carbocycles. The molecule has 1 fully saturated rings. The van der Waals surface area contributed by atoms with Gasteiger partial charge < -0.3 is 15.0 Å². The van der Waals surface area contributed by atoms with Crippen molar-refractivity contribution in [1.29, 1.82) is 0 Å². The number of carbonyl (C=O) groups excluding carboxylic acids is 2. The highest BCUT2D eigenvalue weighted by atomic mass is 16.5. The lowest BCUT2D eigenvalue weighted by Crippen LogP contribution is -2.38. The van der Waals surface area contributed by atoms with Crippen molar-refractivity contribution in [1.82, 2.24) is 10.2 Å². The molecule has 144 valence electrons. The van der Waals surface area contributed by atoms with Crippen molar-refractivity contribution in [3.63, 3.8) is 0 Å². The van der Waals surface area contributed by atoms with E-state index in [1.807, 2.05) is 24.3 Å². The molecule has 0 aromatic heterocycles. The highest BCUT2D eigenvalue weighted by Crippen LogP contribution is 2.17. The van der Waals surface area contributed by atoms with E-state index < -0.39 is 0 Å². The quantitative estimate of drug-likeness (QED) is 0.724. The number of nitrogens with zero attached hydrogens (tertiary/aromatic N) is 1. The minimum absolute atomic E-state index is 0.00941. The normalized spacial score (nSPS) is 15.2. The highest BCUT2D eigenvalue weighted by molar-refractivity contribution is 5.78. The van der Waals surface area contributed by atoms with Crippen LogP contribution in [-0.2, 0) is 16.0 Å². The van der Waals surface area contributed by atoms with Crippen molar-refractivity contribution in [2.24, 2.45) is 0 Å². The number of carbonyl (C=O) groups is 2. The van der Waals surface area contributed by atoms with Gasteiger partial charge in [-0.3, -0.25) is 9.59 Å². The molecule has 2 rings (SSSR count). The van der Waals surface area contributed by atoms with Gasteiger partial charge in [0.1, 0.15) is 5.75 Å². The van der Waals surface area contributed by atoms with Gasteiger partial charge in [-0.1, -0.05) is 37.8 Å². The van der Waals surface area contributed by atoms with Gasteiger partial charge in [0.25, 0.3) is 0 Å². The van der Waals surface area contributed by atoms with E-state index in [9.17, 15) is 9.59 Å². The number of rotatable bonds is 8. The minimum Gasteiger partial charge on any atom is -0.497 e. The van der Waals surface area contributed by atoms with Crippen LogP contribution in [0.5, 0.6) is 5.75 Å². The van der Waals surface area contributed by atoms with E-state index in [1.54, 1.807) is 18.9 Å². The molecule has 0 heterocycles. The molecule has 1 N–H and O–H groups in total. The Hall–Kier alpha value is -2.04. The molecule has 1 aliphatic rings. The first-order valence-electron chi connectivity index (χ1n) is 9.76. The molecule has 0 unspecified atom stereocenters. The summed E-state index contributed by atoms with van der Waals surface area (Å²) in [6.45, 7) is 2.64. The fourth-order valence-corrected chi connectivity index (χ4v) is 3.48. The van der Waals surface area contributed by atoms with E-state index in [1.165, 1.54) is 25.7 Å². The van der Waals surface area contributed by atoms with Crippen LogP contribution in [0.2, 0.25) is 0 Å². The molecule has 26 heavy (non-hydrogen) atoms. The van der Waals surface area contributed by atoms with Crippen LogP contribution in [0.1, 0.15) is 57.4 Å². The number of ether oxygens (including phenoxy) is 1. The van der Waals surface area contributed by atoms with Crippen LogP contribution in [0.15, 0.2) is 24.3 Å². The highest BCUT2D eigenvalue weighted by Gasteiger charge is 2.16. The third-order valence-corrected chi connectivity index (χ3v) is 5.08. The number of hydrogen-bond donors (Lipinski definition) is 1. The summed E-state index contributed by atoms with van der Waals surface area (Å²) in [6, 6.07) is 8.18. The predicted octanol–water partition coefficient (Wildman–Crippen LogP) is 3.32. The zero-order chi connectivity index (χ0) is 18.8. The Morgan fingerprint density at radius 3 is 2.54 bits per heavy atom. The molecule has 2 amide bonds. The number of benzene rings is 1. The summed E-state index contributed by atoms with van der Waals surface area (Å²) >= 11 is 0. The van der Waals surface area contributed by atoms with Gasteiger partial charge in [-0.2, -0.15) is 0 Å². The van der Waals surface area contributed by atoms with Crippen LogP contribution < -0.4 is 10.1 Å². The second-order valence-corrected chi connectivity index (χ2v) is 7.11. The minimum atomic E-state index is 0.00941. The maximum Gasteiger partial charge on any atom is 0.221 e. The number of methoxy groups -OCH3 is 1. The Bertz CT molecular complexity index is 580. The standard InChI is InChI=1S/C21H32N2O3/c1-17(24)23(14-12-18-8-7-11-20(16-18)26-2)15-13-21(25)22-19-9-5-3-4-6-10-19/h7-8,11,16,19H,3-6,9-10,12-15H2,1-2H3,(H,22,25). The Morgan fingerprint density at radius 1 is 1.15 bits per heavy atom. The molecule has 0 spiro atoms. The summed E-state index contributed by atoms with van der Waals surface area (Å²) in [4.78, 5) is 25.9. The first-order valence-corrected chi connectivity index (χ1v) is 9.76. The Balaban J connectivity index is 1.77. The Labute approximate surface area is 157 Å².